The Balaban J connectivity index is 1.61. The van der Waals surface area contributed by atoms with E-state index in [0.29, 0.717) is 29.4 Å². The van der Waals surface area contributed by atoms with Crippen molar-refractivity contribution in [3.8, 4) is 11.3 Å². The molecule has 0 saturated carbocycles. The van der Waals surface area contributed by atoms with Gasteiger partial charge in [-0.15, -0.1) is 0 Å². The van der Waals surface area contributed by atoms with Crippen LogP contribution in [0.2, 0.25) is 0 Å². The maximum absolute atomic E-state index is 13.3. The van der Waals surface area contributed by atoms with Crippen molar-refractivity contribution in [3.05, 3.63) is 71.7 Å². The van der Waals surface area contributed by atoms with Crippen LogP contribution in [0.3, 0.4) is 0 Å². The lowest BCUT2D eigenvalue weighted by Crippen LogP contribution is -2.45. The molecule has 1 aromatic carbocycles. The van der Waals surface area contributed by atoms with Crippen LogP contribution in [0.1, 0.15) is 41.8 Å². The maximum atomic E-state index is 13.3. The van der Waals surface area contributed by atoms with Crippen LogP contribution in [0.25, 0.3) is 11.3 Å². The first kappa shape index (κ1) is 21.9. The number of aromatic nitrogens is 3. The molecule has 1 aliphatic rings. The van der Waals surface area contributed by atoms with Gasteiger partial charge in [0.15, 0.2) is 5.82 Å². The summed E-state index contributed by atoms with van der Waals surface area (Å²) in [5.41, 5.74) is -1.23. The summed E-state index contributed by atoms with van der Waals surface area (Å²) >= 11 is 0. The molecule has 0 fully saturated rings. The Morgan fingerprint density at radius 1 is 1.16 bits per heavy atom. The van der Waals surface area contributed by atoms with Gasteiger partial charge in [-0.25, -0.2) is 9.37 Å². The number of carbonyl (C=O) groups excluding carboxylic acids is 1. The first-order valence-electron chi connectivity index (χ1n) is 9.86. The fourth-order valence-electron chi connectivity index (χ4n) is 3.83. The summed E-state index contributed by atoms with van der Waals surface area (Å²) < 4.78 is 54.5. The van der Waals surface area contributed by atoms with E-state index < -0.39 is 23.6 Å². The van der Waals surface area contributed by atoms with Crippen molar-refractivity contribution in [2.75, 3.05) is 6.54 Å². The van der Waals surface area contributed by atoms with Crippen molar-refractivity contribution in [1.82, 2.24) is 19.4 Å². The quantitative estimate of drug-likeness (QED) is 0.614. The summed E-state index contributed by atoms with van der Waals surface area (Å²) in [6, 6.07) is 8.31. The van der Waals surface area contributed by atoms with Gasteiger partial charge in [-0.05, 0) is 50.2 Å². The molecule has 32 heavy (non-hydrogen) atoms. The van der Waals surface area contributed by atoms with E-state index in [1.54, 1.807) is 31.2 Å². The highest BCUT2D eigenvalue weighted by Crippen LogP contribution is 2.40. The van der Waals surface area contributed by atoms with Crippen LogP contribution in [0.4, 0.5) is 17.6 Å². The molecule has 0 aliphatic carbocycles. The molecule has 1 amide bonds. The van der Waals surface area contributed by atoms with Crippen LogP contribution >= 0.6 is 0 Å². The lowest BCUT2D eigenvalue weighted by Gasteiger charge is -2.36. The molecule has 0 spiro atoms. The third kappa shape index (κ3) is 3.75. The topological polar surface area (TPSA) is 71.2 Å². The van der Waals surface area contributed by atoms with E-state index in [1.165, 1.54) is 34.0 Å². The monoisotopic (exact) mass is 448 g/mol. The van der Waals surface area contributed by atoms with Crippen LogP contribution in [0.15, 0.2) is 48.8 Å². The molecule has 2 aromatic heterocycles. The Bertz CT molecular complexity index is 1160. The van der Waals surface area contributed by atoms with Crippen LogP contribution < -0.4 is 0 Å². The second kappa shape index (κ2) is 7.70. The number of carbonyl (C=O) groups is 1. The van der Waals surface area contributed by atoms with Crippen LogP contribution in [-0.2, 0) is 12.1 Å². The van der Waals surface area contributed by atoms with Gasteiger partial charge in [0.25, 0.3) is 5.91 Å². The summed E-state index contributed by atoms with van der Waals surface area (Å²) in [7, 11) is 0. The Morgan fingerprint density at radius 3 is 2.50 bits per heavy atom. The fourth-order valence-corrected chi connectivity index (χ4v) is 3.83. The van der Waals surface area contributed by atoms with Gasteiger partial charge in [0.2, 0.25) is 5.60 Å². The van der Waals surface area contributed by atoms with Crippen LogP contribution in [0, 0.1) is 5.82 Å². The predicted octanol–water partition coefficient (Wildman–Crippen LogP) is 4.07. The molecule has 0 saturated heterocycles. The summed E-state index contributed by atoms with van der Waals surface area (Å²) in [6.45, 7) is 2.51. The number of alkyl halides is 3. The SMILES string of the molecule is CC1CN(C(=O)c2ccnc(-c3ccc(F)cc3)c2)Cc2cnc(C(C)(O)C(F)(F)F)n21. The van der Waals surface area contributed by atoms with Gasteiger partial charge >= 0.3 is 6.18 Å². The molecular formula is C22H20F4N4O2. The number of imidazole rings is 1. The fraction of sp³-hybridized carbons (Fsp3) is 0.318. The van der Waals surface area contributed by atoms with Gasteiger partial charge in [0.1, 0.15) is 5.82 Å². The van der Waals surface area contributed by atoms with Crippen molar-refractivity contribution < 1.29 is 27.5 Å². The molecule has 10 heteroatoms. The van der Waals surface area contributed by atoms with Crippen molar-refractivity contribution in [2.24, 2.45) is 0 Å². The highest BCUT2D eigenvalue weighted by atomic mass is 19.4. The van der Waals surface area contributed by atoms with Gasteiger partial charge in [-0.3, -0.25) is 9.78 Å². The minimum atomic E-state index is -4.89. The van der Waals surface area contributed by atoms with Crippen LogP contribution in [-0.4, -0.2) is 43.2 Å². The first-order valence-corrected chi connectivity index (χ1v) is 9.86. The third-order valence-electron chi connectivity index (χ3n) is 5.57. The molecular weight excluding hydrogens is 428 g/mol. The molecule has 0 bridgehead atoms. The van der Waals surface area contributed by atoms with Gasteiger partial charge in [-0.2, -0.15) is 13.2 Å². The van der Waals surface area contributed by atoms with E-state index in [-0.39, 0.29) is 24.8 Å². The summed E-state index contributed by atoms with van der Waals surface area (Å²) in [5, 5.41) is 10.1. The Kier molecular flexibility index (Phi) is 5.28. The molecule has 3 heterocycles. The summed E-state index contributed by atoms with van der Waals surface area (Å²) in [4.78, 5) is 22.7. The highest BCUT2D eigenvalue weighted by molar-refractivity contribution is 5.95. The Labute approximate surface area is 181 Å². The minimum absolute atomic E-state index is 0.0400. The average Bonchev–Trinajstić information content (AvgIpc) is 3.18. The molecule has 1 N–H and O–H groups in total. The molecule has 1 aliphatic heterocycles. The van der Waals surface area contributed by atoms with Gasteiger partial charge in [0, 0.05) is 23.9 Å². The second-order valence-electron chi connectivity index (χ2n) is 7.98. The number of benzene rings is 1. The zero-order chi connectivity index (χ0) is 23.3. The van der Waals surface area contributed by atoms with Crippen molar-refractivity contribution in [1.29, 1.82) is 0 Å². The molecule has 2 unspecified atom stereocenters. The Hall–Kier alpha value is -3.27. The van der Waals surface area contributed by atoms with E-state index in [1.807, 2.05) is 0 Å². The summed E-state index contributed by atoms with van der Waals surface area (Å²) in [6.07, 6.45) is -2.17. The normalized spacial score (nSPS) is 18.2. The smallest absolute Gasteiger partial charge is 0.374 e. The van der Waals surface area contributed by atoms with Gasteiger partial charge in [-0.1, -0.05) is 0 Å². The van der Waals surface area contributed by atoms with E-state index in [0.717, 1.165) is 0 Å². The largest absolute Gasteiger partial charge is 0.424 e. The molecule has 3 aromatic rings. The number of hydrogen-bond donors (Lipinski definition) is 1. The lowest BCUT2D eigenvalue weighted by atomic mass is 10.0. The molecule has 0 radical (unpaired) electrons. The number of fused-ring (bicyclic) bond motifs is 1. The highest BCUT2D eigenvalue weighted by Gasteiger charge is 2.55. The molecule has 168 valence electrons. The van der Waals surface area contributed by atoms with Gasteiger partial charge < -0.3 is 14.6 Å². The Morgan fingerprint density at radius 2 is 1.84 bits per heavy atom. The van der Waals surface area contributed by atoms with E-state index in [9.17, 15) is 27.5 Å². The molecule has 2 atom stereocenters. The minimum Gasteiger partial charge on any atom is -0.374 e. The maximum Gasteiger partial charge on any atom is 0.424 e. The lowest BCUT2D eigenvalue weighted by molar-refractivity contribution is -0.263. The number of pyridine rings is 1. The van der Waals surface area contributed by atoms with Crippen molar-refractivity contribution >= 4 is 5.91 Å². The van der Waals surface area contributed by atoms with Crippen molar-refractivity contribution in [3.63, 3.8) is 0 Å². The molecule has 6 nitrogen and oxygen atoms in total. The third-order valence-corrected chi connectivity index (χ3v) is 5.57. The van der Waals surface area contributed by atoms with Gasteiger partial charge in [0.05, 0.1) is 30.2 Å². The number of aliphatic hydroxyl groups is 1. The number of amides is 1. The number of nitrogens with zero attached hydrogens (tertiary/aromatic N) is 4. The van der Waals surface area contributed by atoms with E-state index in [2.05, 4.69) is 9.97 Å². The average molecular weight is 448 g/mol. The number of rotatable bonds is 3. The first-order chi connectivity index (χ1) is 15.0. The van der Waals surface area contributed by atoms with E-state index >= 15 is 0 Å². The zero-order valence-corrected chi connectivity index (χ0v) is 17.3. The molecule has 4 rings (SSSR count). The summed E-state index contributed by atoms with van der Waals surface area (Å²) in [5.74, 6) is -1.20. The standard InChI is InChI=1S/C22H20F4N4O2/c1-13-11-29(12-17-10-28-20(30(13)17)21(2,32)22(24,25)26)19(31)15-7-8-27-18(9-15)14-3-5-16(23)6-4-14/h3-10,13,32H,11-12H2,1-2H3. The zero-order valence-electron chi connectivity index (χ0n) is 17.3. The number of halogens is 4. The second-order valence-corrected chi connectivity index (χ2v) is 7.98. The number of hydrogen-bond acceptors (Lipinski definition) is 4. The van der Waals surface area contributed by atoms with Crippen LogP contribution in [0.5, 0.6) is 0 Å². The van der Waals surface area contributed by atoms with Crippen molar-refractivity contribution in [2.45, 2.75) is 38.2 Å². The predicted molar refractivity (Wildman–Crippen MR) is 107 cm³/mol. The van der Waals surface area contributed by atoms with E-state index in [4.69, 9.17) is 0 Å².